The summed E-state index contributed by atoms with van der Waals surface area (Å²) < 4.78 is 7.39. The lowest BCUT2D eigenvalue weighted by Gasteiger charge is -2.10. The second-order valence-electron chi connectivity index (χ2n) is 7.22. The Morgan fingerprint density at radius 3 is 2.73 bits per heavy atom. The lowest BCUT2D eigenvalue weighted by Crippen LogP contribution is -2.19. The molecule has 2 fully saturated rings. The molecule has 2 aromatic heterocycles. The van der Waals surface area contributed by atoms with E-state index in [0.717, 1.165) is 18.4 Å². The first kappa shape index (κ1) is 18.6. The van der Waals surface area contributed by atoms with Crippen molar-refractivity contribution in [2.24, 2.45) is 0 Å². The number of benzene rings is 1. The topological polar surface area (TPSA) is 111 Å². The summed E-state index contributed by atoms with van der Waals surface area (Å²) in [4.78, 5) is 32.3. The Morgan fingerprint density at radius 1 is 1.23 bits per heavy atom. The minimum atomic E-state index is -0.399. The lowest BCUT2D eigenvalue weighted by atomic mass is 10.1. The third-order valence-electron chi connectivity index (χ3n) is 4.79. The molecule has 1 aromatic carbocycles. The predicted molar refractivity (Wildman–Crippen MR) is 109 cm³/mol. The molecule has 10 heteroatoms. The number of nitrogens with one attached hydrogen (secondary N) is 2. The molecule has 3 heterocycles. The number of hydrogen-bond acceptors (Lipinski definition) is 7. The summed E-state index contributed by atoms with van der Waals surface area (Å²) in [7, 11) is 0. The molecule has 0 unspecified atom stereocenters. The van der Waals surface area contributed by atoms with Gasteiger partial charge in [0.1, 0.15) is 6.61 Å². The molecule has 1 aliphatic carbocycles. The molecule has 0 spiro atoms. The van der Waals surface area contributed by atoms with Gasteiger partial charge in [-0.2, -0.15) is 19.6 Å². The average molecular weight is 425 g/mol. The summed E-state index contributed by atoms with van der Waals surface area (Å²) in [5.74, 6) is -0.199. The van der Waals surface area contributed by atoms with E-state index in [2.05, 4.69) is 25.7 Å². The Balaban J connectivity index is 1.49. The first-order valence-corrected chi connectivity index (χ1v) is 9.87. The van der Waals surface area contributed by atoms with Crippen molar-refractivity contribution in [3.8, 4) is 6.01 Å². The van der Waals surface area contributed by atoms with Gasteiger partial charge in [-0.25, -0.2) is 0 Å². The highest BCUT2D eigenvalue weighted by atomic mass is 35.5. The van der Waals surface area contributed by atoms with E-state index in [1.54, 1.807) is 28.9 Å². The lowest BCUT2D eigenvalue weighted by molar-refractivity contribution is -0.124. The molecule has 0 bridgehead atoms. The second-order valence-corrected chi connectivity index (χ2v) is 7.66. The summed E-state index contributed by atoms with van der Waals surface area (Å²) in [6.07, 6.45) is 5.38. The molecule has 2 N–H and O–H groups in total. The quantitative estimate of drug-likeness (QED) is 0.461. The van der Waals surface area contributed by atoms with Crippen LogP contribution in [0.15, 0.2) is 36.0 Å². The maximum Gasteiger partial charge on any atom is 0.322 e. The number of anilines is 1. The standard InChI is InChI=1S/C20H17ClN6O3/c21-14-3-1-11(2-4-14)10-30-20-25-17-13(7-12-8-16(28)24-18(12)29)9-22-27(17)19(26-20)23-15-5-6-15/h1-4,7,9,15H,5-6,8,10H2,(H,23,25,26)(H,24,28,29)/b12-7+. The number of carbonyl (C=O) groups excluding carboxylic acids is 2. The van der Waals surface area contributed by atoms with Crippen molar-refractivity contribution in [2.45, 2.75) is 31.9 Å². The fourth-order valence-electron chi connectivity index (χ4n) is 3.08. The normalized spacial score (nSPS) is 17.6. The van der Waals surface area contributed by atoms with E-state index in [1.165, 1.54) is 0 Å². The number of rotatable bonds is 6. The predicted octanol–water partition coefficient (Wildman–Crippen LogP) is 2.36. The zero-order valence-electron chi connectivity index (χ0n) is 15.8. The van der Waals surface area contributed by atoms with Crippen LogP contribution in [-0.2, 0) is 16.2 Å². The monoisotopic (exact) mass is 424 g/mol. The zero-order chi connectivity index (χ0) is 20.7. The summed E-state index contributed by atoms with van der Waals surface area (Å²) in [5, 5.41) is 10.6. The number of aromatic nitrogens is 4. The van der Waals surface area contributed by atoms with Crippen molar-refractivity contribution >= 4 is 41.1 Å². The molecule has 152 valence electrons. The van der Waals surface area contributed by atoms with Crippen LogP contribution >= 0.6 is 11.6 Å². The molecule has 1 aliphatic heterocycles. The van der Waals surface area contributed by atoms with Gasteiger partial charge in [-0.05, 0) is 36.6 Å². The average Bonchev–Trinajstić information content (AvgIpc) is 3.36. The smallest absolute Gasteiger partial charge is 0.322 e. The molecule has 30 heavy (non-hydrogen) atoms. The molecule has 3 aromatic rings. The van der Waals surface area contributed by atoms with Gasteiger partial charge in [0.15, 0.2) is 5.65 Å². The first-order chi connectivity index (χ1) is 14.5. The number of hydrogen-bond donors (Lipinski definition) is 2. The van der Waals surface area contributed by atoms with E-state index >= 15 is 0 Å². The highest BCUT2D eigenvalue weighted by molar-refractivity contribution is 6.30. The van der Waals surface area contributed by atoms with Gasteiger partial charge in [-0.1, -0.05) is 23.7 Å². The Morgan fingerprint density at radius 2 is 2.03 bits per heavy atom. The number of imide groups is 1. The van der Waals surface area contributed by atoms with Crippen LogP contribution in [0.1, 0.15) is 30.4 Å². The van der Waals surface area contributed by atoms with Crippen LogP contribution in [0.3, 0.4) is 0 Å². The van der Waals surface area contributed by atoms with Crippen LogP contribution in [0.25, 0.3) is 11.7 Å². The van der Waals surface area contributed by atoms with E-state index in [1.807, 2.05) is 12.1 Å². The van der Waals surface area contributed by atoms with Crippen LogP contribution in [0.2, 0.25) is 5.02 Å². The van der Waals surface area contributed by atoms with Crippen LogP contribution in [0.4, 0.5) is 5.95 Å². The fourth-order valence-corrected chi connectivity index (χ4v) is 3.21. The third kappa shape index (κ3) is 3.84. The van der Waals surface area contributed by atoms with Gasteiger partial charge < -0.3 is 10.1 Å². The minimum Gasteiger partial charge on any atom is -0.458 e. The number of amides is 2. The SMILES string of the molecule is O=C1C/C(=C\c2cnn3c(NC4CC4)nc(OCc4ccc(Cl)cc4)nc23)C(=O)N1. The van der Waals surface area contributed by atoms with Crippen LogP contribution in [0.5, 0.6) is 6.01 Å². The van der Waals surface area contributed by atoms with Crippen LogP contribution < -0.4 is 15.4 Å². The largest absolute Gasteiger partial charge is 0.458 e. The molecule has 2 amide bonds. The molecule has 2 aliphatic rings. The molecule has 9 nitrogen and oxygen atoms in total. The van der Waals surface area contributed by atoms with Crippen molar-refractivity contribution in [1.82, 2.24) is 24.9 Å². The highest BCUT2D eigenvalue weighted by Gasteiger charge is 2.26. The van der Waals surface area contributed by atoms with Gasteiger partial charge in [0.05, 0.1) is 12.6 Å². The van der Waals surface area contributed by atoms with E-state index in [0.29, 0.717) is 33.8 Å². The first-order valence-electron chi connectivity index (χ1n) is 9.49. The molecule has 1 saturated heterocycles. The Bertz CT molecular complexity index is 1180. The minimum absolute atomic E-state index is 0.0361. The molecule has 5 rings (SSSR count). The van der Waals surface area contributed by atoms with Gasteiger partial charge in [-0.3, -0.25) is 14.9 Å². The van der Waals surface area contributed by atoms with Crippen molar-refractivity contribution in [3.63, 3.8) is 0 Å². The zero-order valence-corrected chi connectivity index (χ0v) is 16.5. The molecule has 1 saturated carbocycles. The van der Waals surface area contributed by atoms with Crippen LogP contribution in [0, 0.1) is 0 Å². The van der Waals surface area contributed by atoms with Gasteiger partial charge in [0.25, 0.3) is 5.91 Å². The van der Waals surface area contributed by atoms with Gasteiger partial charge in [0.2, 0.25) is 11.9 Å². The number of fused-ring (bicyclic) bond motifs is 1. The number of halogens is 1. The van der Waals surface area contributed by atoms with E-state index in [4.69, 9.17) is 16.3 Å². The maximum atomic E-state index is 11.9. The molecule has 0 radical (unpaired) electrons. The van der Waals surface area contributed by atoms with Crippen molar-refractivity contribution in [3.05, 3.63) is 52.2 Å². The van der Waals surface area contributed by atoms with Gasteiger partial charge in [-0.15, -0.1) is 0 Å². The summed E-state index contributed by atoms with van der Waals surface area (Å²) in [6, 6.07) is 7.85. The Labute approximate surface area is 176 Å². The molecular weight excluding hydrogens is 408 g/mol. The van der Waals surface area contributed by atoms with E-state index in [9.17, 15) is 9.59 Å². The summed E-state index contributed by atoms with van der Waals surface area (Å²) in [5.41, 5.74) is 2.39. The van der Waals surface area contributed by atoms with E-state index < -0.39 is 5.91 Å². The van der Waals surface area contributed by atoms with E-state index in [-0.39, 0.29) is 24.9 Å². The maximum absolute atomic E-state index is 11.9. The van der Waals surface area contributed by atoms with Gasteiger partial charge >= 0.3 is 6.01 Å². The number of ether oxygens (including phenoxy) is 1. The molecule has 0 atom stereocenters. The number of nitrogens with zero attached hydrogens (tertiary/aromatic N) is 4. The van der Waals surface area contributed by atoms with Crippen LogP contribution in [-0.4, -0.2) is 37.4 Å². The van der Waals surface area contributed by atoms with Crippen molar-refractivity contribution < 1.29 is 14.3 Å². The number of carbonyl (C=O) groups is 2. The van der Waals surface area contributed by atoms with Crippen molar-refractivity contribution in [2.75, 3.05) is 5.32 Å². The Hall–Kier alpha value is -3.46. The summed E-state index contributed by atoms with van der Waals surface area (Å²) in [6.45, 7) is 0.275. The fraction of sp³-hybridized carbons (Fsp3) is 0.250. The van der Waals surface area contributed by atoms with Crippen molar-refractivity contribution in [1.29, 1.82) is 0 Å². The molecular formula is C20H17ClN6O3. The Kier molecular flexibility index (Phi) is 4.59. The summed E-state index contributed by atoms with van der Waals surface area (Å²) >= 11 is 5.92. The highest BCUT2D eigenvalue weighted by Crippen LogP contribution is 2.26. The second kappa shape index (κ2) is 7.42. The third-order valence-corrected chi connectivity index (χ3v) is 5.04. The van der Waals surface area contributed by atoms with Gasteiger partial charge in [0, 0.05) is 22.2 Å².